The third-order valence-corrected chi connectivity index (χ3v) is 6.27. The molecule has 1 fully saturated rings. The first-order valence-electron chi connectivity index (χ1n) is 9.05. The summed E-state index contributed by atoms with van der Waals surface area (Å²) < 4.78 is 5.75. The van der Waals surface area contributed by atoms with Crippen LogP contribution in [0.4, 0.5) is 0 Å². The summed E-state index contributed by atoms with van der Waals surface area (Å²) in [6.45, 7) is 2.08. The van der Waals surface area contributed by atoms with Crippen LogP contribution < -0.4 is 0 Å². The van der Waals surface area contributed by atoms with Gasteiger partial charge in [0, 0.05) is 29.6 Å². The SMILES string of the molecule is O=C(Cc1csc(-c2ccccn2)n1)N(Cc1cccs1)CC1CCCO1. The Morgan fingerprint density at radius 2 is 2.22 bits per heavy atom. The van der Waals surface area contributed by atoms with Gasteiger partial charge in [-0.15, -0.1) is 22.7 Å². The van der Waals surface area contributed by atoms with Gasteiger partial charge in [0.15, 0.2) is 0 Å². The van der Waals surface area contributed by atoms with E-state index in [2.05, 4.69) is 16.0 Å². The molecule has 0 saturated carbocycles. The lowest BCUT2D eigenvalue weighted by molar-refractivity contribution is -0.132. The maximum atomic E-state index is 13.0. The molecule has 0 N–H and O–H groups in total. The smallest absolute Gasteiger partial charge is 0.229 e. The summed E-state index contributed by atoms with van der Waals surface area (Å²) in [6, 6.07) is 9.86. The number of amides is 1. The lowest BCUT2D eigenvalue weighted by atomic mass is 10.2. The number of aromatic nitrogens is 2. The van der Waals surface area contributed by atoms with Gasteiger partial charge in [0.25, 0.3) is 0 Å². The molecule has 7 heteroatoms. The molecule has 3 aromatic rings. The molecule has 0 radical (unpaired) electrons. The number of thiophene rings is 1. The highest BCUT2D eigenvalue weighted by Gasteiger charge is 2.23. The first-order valence-corrected chi connectivity index (χ1v) is 10.8. The number of ether oxygens (including phenoxy) is 1. The minimum atomic E-state index is 0.0942. The molecule has 1 aliphatic heterocycles. The molecular formula is C20H21N3O2S2. The Morgan fingerprint density at radius 1 is 1.26 bits per heavy atom. The Bertz CT molecular complexity index is 859. The van der Waals surface area contributed by atoms with Gasteiger partial charge >= 0.3 is 0 Å². The highest BCUT2D eigenvalue weighted by atomic mass is 32.1. The first-order chi connectivity index (χ1) is 13.3. The number of hydrogen-bond acceptors (Lipinski definition) is 6. The number of thiazole rings is 1. The van der Waals surface area contributed by atoms with Crippen molar-refractivity contribution in [3.63, 3.8) is 0 Å². The van der Waals surface area contributed by atoms with Crippen LogP contribution in [0.15, 0.2) is 47.3 Å². The van der Waals surface area contributed by atoms with Gasteiger partial charge in [-0.2, -0.15) is 0 Å². The van der Waals surface area contributed by atoms with Crippen molar-refractivity contribution in [2.24, 2.45) is 0 Å². The van der Waals surface area contributed by atoms with Gasteiger partial charge in [0.2, 0.25) is 5.91 Å². The van der Waals surface area contributed by atoms with E-state index in [0.29, 0.717) is 19.5 Å². The molecule has 3 aromatic heterocycles. The molecule has 4 rings (SSSR count). The summed E-state index contributed by atoms with van der Waals surface area (Å²) in [4.78, 5) is 25.0. The molecule has 0 aliphatic carbocycles. The van der Waals surface area contributed by atoms with Crippen molar-refractivity contribution >= 4 is 28.6 Å². The fourth-order valence-corrected chi connectivity index (χ4v) is 4.66. The molecule has 0 spiro atoms. The van der Waals surface area contributed by atoms with Crippen LogP contribution >= 0.6 is 22.7 Å². The molecule has 1 aliphatic rings. The van der Waals surface area contributed by atoms with Gasteiger partial charge in [-0.1, -0.05) is 12.1 Å². The molecule has 1 saturated heterocycles. The molecule has 140 valence electrons. The molecule has 0 bridgehead atoms. The number of carbonyl (C=O) groups is 1. The number of pyridine rings is 1. The molecule has 4 heterocycles. The fraction of sp³-hybridized carbons (Fsp3) is 0.350. The average molecular weight is 400 g/mol. The lowest BCUT2D eigenvalue weighted by Gasteiger charge is -2.25. The van der Waals surface area contributed by atoms with E-state index < -0.39 is 0 Å². The monoisotopic (exact) mass is 399 g/mol. The molecule has 1 unspecified atom stereocenters. The van der Waals surface area contributed by atoms with Gasteiger partial charge in [-0.25, -0.2) is 4.98 Å². The Kier molecular flexibility index (Phi) is 5.91. The lowest BCUT2D eigenvalue weighted by Crippen LogP contribution is -2.37. The third-order valence-electron chi connectivity index (χ3n) is 4.50. The van der Waals surface area contributed by atoms with Crippen molar-refractivity contribution in [2.75, 3.05) is 13.2 Å². The number of carbonyl (C=O) groups excluding carboxylic acids is 1. The molecule has 1 atom stereocenters. The number of rotatable bonds is 7. The van der Waals surface area contributed by atoms with E-state index in [9.17, 15) is 4.79 Å². The minimum Gasteiger partial charge on any atom is -0.376 e. The Labute approximate surface area is 166 Å². The van der Waals surface area contributed by atoms with Crippen LogP contribution in [-0.2, 0) is 22.5 Å². The van der Waals surface area contributed by atoms with E-state index in [1.807, 2.05) is 39.9 Å². The summed E-state index contributed by atoms with van der Waals surface area (Å²) in [5.41, 5.74) is 1.64. The van der Waals surface area contributed by atoms with E-state index in [1.54, 1.807) is 17.5 Å². The zero-order valence-electron chi connectivity index (χ0n) is 14.9. The fourth-order valence-electron chi connectivity index (χ4n) is 3.14. The summed E-state index contributed by atoms with van der Waals surface area (Å²) in [7, 11) is 0. The van der Waals surface area contributed by atoms with Gasteiger partial charge in [0.05, 0.1) is 30.5 Å². The van der Waals surface area contributed by atoms with E-state index >= 15 is 0 Å². The maximum Gasteiger partial charge on any atom is 0.229 e. The van der Waals surface area contributed by atoms with Crippen LogP contribution in [0.5, 0.6) is 0 Å². The predicted molar refractivity (Wildman–Crippen MR) is 108 cm³/mol. The summed E-state index contributed by atoms with van der Waals surface area (Å²) in [6.07, 6.45) is 4.31. The van der Waals surface area contributed by atoms with E-state index in [-0.39, 0.29) is 12.0 Å². The van der Waals surface area contributed by atoms with Crippen LogP contribution in [0, 0.1) is 0 Å². The van der Waals surface area contributed by atoms with Gasteiger partial charge in [0.1, 0.15) is 5.01 Å². The minimum absolute atomic E-state index is 0.0942. The second kappa shape index (κ2) is 8.73. The van der Waals surface area contributed by atoms with E-state index in [0.717, 1.165) is 35.8 Å². The number of nitrogens with zero attached hydrogens (tertiary/aromatic N) is 3. The van der Waals surface area contributed by atoms with Crippen molar-refractivity contribution in [2.45, 2.75) is 31.9 Å². The normalized spacial score (nSPS) is 16.5. The van der Waals surface area contributed by atoms with Gasteiger partial charge in [-0.3, -0.25) is 9.78 Å². The van der Waals surface area contributed by atoms with Crippen molar-refractivity contribution in [1.29, 1.82) is 0 Å². The van der Waals surface area contributed by atoms with Crippen LogP contribution in [0.3, 0.4) is 0 Å². The molecule has 5 nitrogen and oxygen atoms in total. The summed E-state index contributed by atoms with van der Waals surface area (Å²) >= 11 is 3.21. The molecular weight excluding hydrogens is 378 g/mol. The zero-order valence-corrected chi connectivity index (χ0v) is 16.5. The largest absolute Gasteiger partial charge is 0.376 e. The Hall–Kier alpha value is -2.09. The van der Waals surface area contributed by atoms with Crippen LogP contribution in [0.25, 0.3) is 10.7 Å². The standard InChI is InChI=1S/C20H21N3O2S2/c24-19(11-15-14-27-20(22-15)18-7-1-2-8-21-18)23(12-16-5-3-9-25-16)13-17-6-4-10-26-17/h1-2,4,6-8,10,14,16H,3,5,9,11-13H2. The van der Waals surface area contributed by atoms with Gasteiger partial charge in [-0.05, 0) is 36.4 Å². The quantitative estimate of drug-likeness (QED) is 0.602. The topological polar surface area (TPSA) is 55.3 Å². The average Bonchev–Trinajstić information content (AvgIpc) is 3.45. The maximum absolute atomic E-state index is 13.0. The van der Waals surface area contributed by atoms with Crippen LogP contribution in [-0.4, -0.2) is 40.0 Å². The van der Waals surface area contributed by atoms with Crippen molar-refractivity contribution < 1.29 is 9.53 Å². The highest BCUT2D eigenvalue weighted by molar-refractivity contribution is 7.13. The van der Waals surface area contributed by atoms with Crippen molar-refractivity contribution in [3.05, 3.63) is 57.9 Å². The van der Waals surface area contributed by atoms with Gasteiger partial charge < -0.3 is 9.64 Å². The summed E-state index contributed by atoms with van der Waals surface area (Å²) in [5.74, 6) is 0.0942. The third kappa shape index (κ3) is 4.80. The Morgan fingerprint density at radius 3 is 2.96 bits per heavy atom. The second-order valence-corrected chi connectivity index (χ2v) is 8.41. The Balaban J connectivity index is 1.45. The van der Waals surface area contributed by atoms with Crippen LogP contribution in [0.1, 0.15) is 23.4 Å². The van der Waals surface area contributed by atoms with Crippen LogP contribution in [0.2, 0.25) is 0 Å². The zero-order chi connectivity index (χ0) is 18.5. The molecule has 1 amide bonds. The second-order valence-electron chi connectivity index (χ2n) is 6.52. The molecule has 27 heavy (non-hydrogen) atoms. The molecule has 0 aromatic carbocycles. The van der Waals surface area contributed by atoms with Crippen molar-refractivity contribution in [3.8, 4) is 10.7 Å². The highest BCUT2D eigenvalue weighted by Crippen LogP contribution is 2.23. The predicted octanol–water partition coefficient (Wildman–Crippen LogP) is 4.02. The first kappa shape index (κ1) is 18.3. The van der Waals surface area contributed by atoms with E-state index in [4.69, 9.17) is 4.74 Å². The summed E-state index contributed by atoms with van der Waals surface area (Å²) in [5, 5.41) is 4.85. The van der Waals surface area contributed by atoms with Crippen molar-refractivity contribution in [1.82, 2.24) is 14.9 Å². The number of hydrogen-bond donors (Lipinski definition) is 0. The van der Waals surface area contributed by atoms with E-state index in [1.165, 1.54) is 16.2 Å².